The average molecular weight is 555 g/mol. The van der Waals surface area contributed by atoms with Gasteiger partial charge in [-0.1, -0.05) is 116 Å². The highest BCUT2D eigenvalue weighted by molar-refractivity contribution is 6.03. The predicted molar refractivity (Wildman–Crippen MR) is 172 cm³/mol. The second kappa shape index (κ2) is 14.6. The van der Waals surface area contributed by atoms with E-state index in [4.69, 9.17) is 9.97 Å². The minimum atomic E-state index is 0.121. The van der Waals surface area contributed by atoms with E-state index < -0.39 is 0 Å². The van der Waals surface area contributed by atoms with Gasteiger partial charge in [0.25, 0.3) is 0 Å². The van der Waals surface area contributed by atoms with Gasteiger partial charge >= 0.3 is 0 Å². The molecule has 0 saturated heterocycles. The van der Waals surface area contributed by atoms with E-state index in [0.717, 1.165) is 73.2 Å². The second-order valence-corrected chi connectivity index (χ2v) is 12.8. The molecule has 2 aromatic heterocycles. The first kappa shape index (κ1) is 30.7. The topological polar surface area (TPSA) is 59.8 Å². The van der Waals surface area contributed by atoms with Crippen molar-refractivity contribution in [3.05, 3.63) is 71.2 Å². The van der Waals surface area contributed by atoms with Crippen LogP contribution in [0.15, 0.2) is 48.5 Å². The molecular weight excluding hydrogens is 504 g/mol. The number of nitrogens with zero attached hydrogens (tertiary/aromatic N) is 3. The zero-order valence-corrected chi connectivity index (χ0v) is 26.1. The van der Waals surface area contributed by atoms with Crippen LogP contribution in [-0.2, 0) is 30.7 Å². The Morgan fingerprint density at radius 2 is 1.51 bits per heavy atom. The van der Waals surface area contributed by atoms with Gasteiger partial charge in [-0.15, -0.1) is 0 Å². The van der Waals surface area contributed by atoms with E-state index in [1.165, 1.54) is 42.1 Å². The summed E-state index contributed by atoms with van der Waals surface area (Å²) >= 11 is 0. The number of unbranched alkanes of at least 4 members (excludes halogenated alkanes) is 6. The number of aromatic nitrogens is 3. The number of nitrogens with one attached hydrogen (secondary N) is 1. The smallest absolute Gasteiger partial charge is 0.220 e. The molecule has 0 atom stereocenters. The number of carbonyl (C=O) groups is 1. The van der Waals surface area contributed by atoms with Crippen molar-refractivity contribution in [2.75, 3.05) is 0 Å². The molecule has 0 fully saturated rings. The van der Waals surface area contributed by atoms with Gasteiger partial charge in [0.2, 0.25) is 5.91 Å². The highest BCUT2D eigenvalue weighted by atomic mass is 16.1. The summed E-state index contributed by atoms with van der Waals surface area (Å²) in [6.07, 6.45) is 11.9. The summed E-state index contributed by atoms with van der Waals surface area (Å²) in [6.45, 7) is 12.6. The fraction of sp³-hybridized carbons (Fsp3) is 0.528. The maximum absolute atomic E-state index is 12.3. The molecule has 0 aliphatic heterocycles. The molecule has 2 aromatic carbocycles. The van der Waals surface area contributed by atoms with E-state index in [9.17, 15) is 4.79 Å². The van der Waals surface area contributed by atoms with Gasteiger partial charge < -0.3 is 9.88 Å². The molecule has 0 aliphatic rings. The van der Waals surface area contributed by atoms with Crippen molar-refractivity contribution in [1.29, 1.82) is 0 Å². The highest BCUT2D eigenvalue weighted by Crippen LogP contribution is 2.32. The number of amides is 1. The third-order valence-corrected chi connectivity index (χ3v) is 7.80. The van der Waals surface area contributed by atoms with Crippen LogP contribution >= 0.6 is 0 Å². The van der Waals surface area contributed by atoms with E-state index in [2.05, 4.69) is 93.0 Å². The number of pyridine rings is 1. The van der Waals surface area contributed by atoms with Crippen molar-refractivity contribution in [1.82, 2.24) is 19.9 Å². The van der Waals surface area contributed by atoms with Crippen molar-refractivity contribution in [3.8, 4) is 0 Å². The SMILES string of the molecule is CCCCCCCCC(=O)NCc1ccc(Cn2c(CCCC)nc3c(CC(C)(C)C)nc4ccccc4c32)cc1. The van der Waals surface area contributed by atoms with Gasteiger partial charge in [0.1, 0.15) is 11.3 Å². The molecule has 0 unspecified atom stereocenters. The lowest BCUT2D eigenvalue weighted by Crippen LogP contribution is -2.22. The quantitative estimate of drug-likeness (QED) is 0.149. The molecule has 0 radical (unpaired) electrons. The molecule has 0 spiro atoms. The Morgan fingerprint density at radius 3 is 2.24 bits per heavy atom. The van der Waals surface area contributed by atoms with E-state index >= 15 is 0 Å². The Balaban J connectivity index is 1.52. The number of hydrogen-bond donors (Lipinski definition) is 1. The van der Waals surface area contributed by atoms with Gasteiger partial charge in [-0.2, -0.15) is 0 Å². The Labute approximate surface area is 247 Å². The van der Waals surface area contributed by atoms with Crippen LogP contribution in [0.5, 0.6) is 0 Å². The van der Waals surface area contributed by atoms with Crippen LogP contribution in [0, 0.1) is 5.41 Å². The summed E-state index contributed by atoms with van der Waals surface area (Å²) in [5.41, 5.74) is 6.87. The van der Waals surface area contributed by atoms with Crippen LogP contribution < -0.4 is 5.32 Å². The number of carbonyl (C=O) groups excluding carboxylic acids is 1. The maximum Gasteiger partial charge on any atom is 0.220 e. The van der Waals surface area contributed by atoms with Crippen molar-refractivity contribution < 1.29 is 4.79 Å². The van der Waals surface area contributed by atoms with Gasteiger partial charge in [-0.25, -0.2) is 4.98 Å². The maximum atomic E-state index is 12.3. The highest BCUT2D eigenvalue weighted by Gasteiger charge is 2.22. The van der Waals surface area contributed by atoms with E-state index in [-0.39, 0.29) is 11.3 Å². The lowest BCUT2D eigenvalue weighted by Gasteiger charge is -2.18. The summed E-state index contributed by atoms with van der Waals surface area (Å²) in [4.78, 5) is 22.7. The fourth-order valence-electron chi connectivity index (χ4n) is 5.56. The molecule has 0 saturated carbocycles. The number of benzene rings is 2. The van der Waals surface area contributed by atoms with Crippen molar-refractivity contribution in [2.45, 2.75) is 118 Å². The minimum Gasteiger partial charge on any atom is -0.352 e. The second-order valence-electron chi connectivity index (χ2n) is 12.8. The number of para-hydroxylation sites is 1. The Morgan fingerprint density at radius 1 is 0.829 bits per heavy atom. The molecule has 1 N–H and O–H groups in total. The molecular formula is C36H50N4O. The lowest BCUT2D eigenvalue weighted by molar-refractivity contribution is -0.121. The average Bonchev–Trinajstić information content (AvgIpc) is 3.31. The third kappa shape index (κ3) is 8.64. The first-order valence-corrected chi connectivity index (χ1v) is 15.9. The predicted octanol–water partition coefficient (Wildman–Crippen LogP) is 8.93. The number of aryl methyl sites for hydroxylation is 1. The molecule has 41 heavy (non-hydrogen) atoms. The molecule has 5 heteroatoms. The van der Waals surface area contributed by atoms with Crippen molar-refractivity contribution in [3.63, 3.8) is 0 Å². The lowest BCUT2D eigenvalue weighted by atomic mass is 9.89. The Hall–Kier alpha value is -3.21. The van der Waals surface area contributed by atoms with Gasteiger partial charge in [0.05, 0.1) is 16.7 Å². The summed E-state index contributed by atoms with van der Waals surface area (Å²) in [5.74, 6) is 1.29. The molecule has 2 heterocycles. The normalized spacial score (nSPS) is 11.9. The van der Waals surface area contributed by atoms with Crippen LogP contribution in [0.3, 0.4) is 0 Å². The summed E-state index contributed by atoms with van der Waals surface area (Å²) in [7, 11) is 0. The van der Waals surface area contributed by atoms with Gasteiger partial charge in [-0.3, -0.25) is 9.78 Å². The molecule has 5 nitrogen and oxygen atoms in total. The van der Waals surface area contributed by atoms with Crippen LogP contribution in [0.1, 0.15) is 115 Å². The summed E-state index contributed by atoms with van der Waals surface area (Å²) in [6, 6.07) is 17.2. The van der Waals surface area contributed by atoms with Gasteiger partial charge in [-0.05, 0) is 41.9 Å². The van der Waals surface area contributed by atoms with Crippen LogP contribution in [0.2, 0.25) is 0 Å². The first-order valence-electron chi connectivity index (χ1n) is 15.9. The zero-order chi connectivity index (χ0) is 29.2. The third-order valence-electron chi connectivity index (χ3n) is 7.80. The van der Waals surface area contributed by atoms with Crippen molar-refractivity contribution >= 4 is 27.8 Å². The summed E-state index contributed by atoms with van der Waals surface area (Å²) in [5, 5.41) is 4.27. The van der Waals surface area contributed by atoms with Crippen molar-refractivity contribution in [2.24, 2.45) is 5.41 Å². The Bertz CT molecular complexity index is 1410. The first-order chi connectivity index (χ1) is 19.8. The molecule has 0 aliphatic carbocycles. The molecule has 220 valence electrons. The monoisotopic (exact) mass is 554 g/mol. The van der Waals surface area contributed by atoms with E-state index in [1.54, 1.807) is 0 Å². The van der Waals surface area contributed by atoms with Gasteiger partial charge in [0, 0.05) is 31.3 Å². The fourth-order valence-corrected chi connectivity index (χ4v) is 5.56. The molecule has 1 amide bonds. The molecule has 0 bridgehead atoms. The van der Waals surface area contributed by atoms with Crippen LogP contribution in [0.25, 0.3) is 21.9 Å². The zero-order valence-electron chi connectivity index (χ0n) is 26.1. The van der Waals surface area contributed by atoms with E-state index in [0.29, 0.717) is 13.0 Å². The standard InChI is InChI=1S/C36H50N4O/c1-6-8-10-11-12-13-19-33(41)37-25-27-20-22-28(23-21-27)26-40-32(18-9-7-2)39-34-31(24-36(3,4)5)38-30-17-15-14-16-29(30)35(34)40/h14-17,20-23H,6-13,18-19,24-26H2,1-5H3,(H,37,41). The van der Waals surface area contributed by atoms with Crippen LogP contribution in [0.4, 0.5) is 0 Å². The minimum absolute atomic E-state index is 0.121. The number of fused-ring (bicyclic) bond motifs is 3. The molecule has 4 aromatic rings. The number of hydrogen-bond acceptors (Lipinski definition) is 3. The van der Waals surface area contributed by atoms with E-state index in [1.807, 2.05) is 0 Å². The van der Waals surface area contributed by atoms with Crippen LogP contribution in [-0.4, -0.2) is 20.4 Å². The molecule has 4 rings (SSSR count). The number of rotatable bonds is 15. The Kier molecular flexibility index (Phi) is 11.0. The van der Waals surface area contributed by atoms with Gasteiger partial charge in [0.15, 0.2) is 0 Å². The number of imidazole rings is 1. The summed E-state index contributed by atoms with van der Waals surface area (Å²) < 4.78 is 2.43. The largest absolute Gasteiger partial charge is 0.352 e.